The molecule has 0 saturated carbocycles. The number of aliphatic hydroxyl groups is 1. The van der Waals surface area contributed by atoms with Gasteiger partial charge in [-0.1, -0.05) is 66.2 Å². The maximum absolute atomic E-state index is 12.8. The van der Waals surface area contributed by atoms with Gasteiger partial charge < -0.3 is 30.5 Å². The lowest BCUT2D eigenvalue weighted by molar-refractivity contribution is 0.224. The van der Waals surface area contributed by atoms with Gasteiger partial charge in [0, 0.05) is 59.7 Å². The Morgan fingerprint density at radius 3 is 1.98 bits per heavy atom. The van der Waals surface area contributed by atoms with Crippen molar-refractivity contribution in [3.63, 3.8) is 0 Å². The molecule has 4 N–H and O–H groups in total. The molecule has 1 aliphatic heterocycles. The van der Waals surface area contributed by atoms with Gasteiger partial charge in [0.05, 0.1) is 61.3 Å². The zero-order chi connectivity index (χ0) is 33.3. The number of rotatable bonds is 15. The lowest BCUT2D eigenvalue weighted by atomic mass is 9.98. The van der Waals surface area contributed by atoms with E-state index in [0.29, 0.717) is 79.4 Å². The van der Waals surface area contributed by atoms with Gasteiger partial charge >= 0.3 is 0 Å². The molecule has 1 saturated heterocycles. The first kappa shape index (κ1) is 34.5. The summed E-state index contributed by atoms with van der Waals surface area (Å²) in [6.45, 7) is 4.80. The molecular formula is C34H38Cl2FN7O3. The number of aliphatic hydroxyl groups excluding tert-OH is 1. The van der Waals surface area contributed by atoms with Crippen molar-refractivity contribution in [2.24, 2.45) is 0 Å². The number of hydrogen-bond acceptors (Lipinski definition) is 10. The Bertz CT molecular complexity index is 1710. The topological polar surface area (TPSA) is 126 Å². The van der Waals surface area contributed by atoms with E-state index in [-0.39, 0.29) is 19.6 Å². The molecule has 47 heavy (non-hydrogen) atoms. The zero-order valence-electron chi connectivity index (χ0n) is 26.3. The highest BCUT2D eigenvalue weighted by Gasteiger charge is 2.20. The summed E-state index contributed by atoms with van der Waals surface area (Å²) in [6, 6.07) is 11.2. The minimum Gasteiger partial charge on any atom is -0.480 e. The highest BCUT2D eigenvalue weighted by atomic mass is 35.5. The molecule has 4 aromatic rings. The number of nitrogens with zero attached hydrogens (tertiary/aromatic N) is 4. The molecule has 0 bridgehead atoms. The second-order valence-electron chi connectivity index (χ2n) is 11.1. The fraction of sp³-hybridized carbons (Fsp3) is 0.353. The molecule has 1 unspecified atom stereocenters. The first-order valence-corrected chi connectivity index (χ1v) is 16.1. The summed E-state index contributed by atoms with van der Waals surface area (Å²) >= 11 is 14.0. The third kappa shape index (κ3) is 8.17. The van der Waals surface area contributed by atoms with Crippen molar-refractivity contribution in [2.45, 2.75) is 44.4 Å². The lowest BCUT2D eigenvalue weighted by Gasteiger charge is -2.16. The average Bonchev–Trinajstić information content (AvgIpc) is 3.51. The Balaban J connectivity index is 1.38. The lowest BCUT2D eigenvalue weighted by Crippen LogP contribution is -2.33. The van der Waals surface area contributed by atoms with E-state index in [4.69, 9.17) is 37.7 Å². The molecule has 2 aromatic carbocycles. The Hall–Kier alpha value is -3.87. The molecule has 2 atom stereocenters. The number of alkyl halides is 1. The van der Waals surface area contributed by atoms with E-state index in [9.17, 15) is 9.50 Å². The molecular weight excluding hydrogens is 644 g/mol. The summed E-state index contributed by atoms with van der Waals surface area (Å²) in [5.41, 5.74) is 6.07. The van der Waals surface area contributed by atoms with Crippen molar-refractivity contribution in [3.05, 3.63) is 82.5 Å². The zero-order valence-corrected chi connectivity index (χ0v) is 27.8. The van der Waals surface area contributed by atoms with Crippen LogP contribution in [-0.2, 0) is 13.1 Å². The Kier molecular flexibility index (Phi) is 12.0. The standard InChI is InChI=1S/C34H38Cl2FN7O3/c1-20-10-11-21(42-20)14-38-15-29-33(46-2)43-27(16-40-29)25-8-4-6-23(31(25)35)24-7-5-9-26(32(24)36)28-17-41-30(34(44-28)47-3)18-39-22(19-45)12-13-37/h4-9,16-17,21-22,38-39,42,45H,1,10-15,18-19H2,2-3H3/t21-,22?/m0/s1. The fourth-order valence-corrected chi connectivity index (χ4v) is 6.08. The van der Waals surface area contributed by atoms with E-state index in [1.165, 1.54) is 7.11 Å². The Morgan fingerprint density at radius 1 is 0.936 bits per heavy atom. The van der Waals surface area contributed by atoms with Crippen molar-refractivity contribution in [1.29, 1.82) is 0 Å². The number of allylic oxidation sites excluding steroid dienone is 1. The van der Waals surface area contributed by atoms with Gasteiger partial charge in [-0.3, -0.25) is 14.4 Å². The van der Waals surface area contributed by atoms with Crippen molar-refractivity contribution >= 4 is 23.2 Å². The number of aromatic nitrogens is 4. The van der Waals surface area contributed by atoms with E-state index in [1.54, 1.807) is 19.5 Å². The molecule has 1 aliphatic rings. The van der Waals surface area contributed by atoms with Gasteiger partial charge in [-0.05, 0) is 19.3 Å². The van der Waals surface area contributed by atoms with E-state index in [1.807, 2.05) is 36.4 Å². The van der Waals surface area contributed by atoms with Gasteiger partial charge in [0.25, 0.3) is 0 Å². The van der Waals surface area contributed by atoms with E-state index < -0.39 is 12.7 Å². The van der Waals surface area contributed by atoms with Crippen LogP contribution in [0, 0.1) is 0 Å². The van der Waals surface area contributed by atoms with Gasteiger partial charge in [0.2, 0.25) is 11.8 Å². The molecule has 0 amide bonds. The van der Waals surface area contributed by atoms with Crippen LogP contribution in [0.25, 0.3) is 33.6 Å². The highest BCUT2D eigenvalue weighted by Crippen LogP contribution is 2.42. The number of benzene rings is 2. The summed E-state index contributed by atoms with van der Waals surface area (Å²) in [7, 11) is 3.07. The number of ether oxygens (including phenoxy) is 2. The number of nitrogens with one attached hydrogen (secondary N) is 3. The summed E-state index contributed by atoms with van der Waals surface area (Å²) in [5, 5.41) is 20.2. The van der Waals surface area contributed by atoms with Crippen LogP contribution in [0.1, 0.15) is 30.7 Å². The normalized spacial score (nSPS) is 15.0. The molecule has 1 fully saturated rings. The van der Waals surface area contributed by atoms with Crippen LogP contribution in [0.3, 0.4) is 0 Å². The molecule has 5 rings (SSSR count). The van der Waals surface area contributed by atoms with Crippen LogP contribution >= 0.6 is 23.2 Å². The first-order chi connectivity index (χ1) is 22.9. The summed E-state index contributed by atoms with van der Waals surface area (Å²) in [5.74, 6) is 0.710. The van der Waals surface area contributed by atoms with E-state index in [0.717, 1.165) is 25.1 Å². The summed E-state index contributed by atoms with van der Waals surface area (Å²) < 4.78 is 23.9. The van der Waals surface area contributed by atoms with E-state index >= 15 is 0 Å². The monoisotopic (exact) mass is 681 g/mol. The maximum atomic E-state index is 12.8. The van der Waals surface area contributed by atoms with Crippen molar-refractivity contribution in [2.75, 3.05) is 34.0 Å². The first-order valence-electron chi connectivity index (χ1n) is 15.3. The molecule has 10 nitrogen and oxygen atoms in total. The van der Waals surface area contributed by atoms with Gasteiger partial charge in [0.15, 0.2) is 0 Å². The SMILES string of the molecule is C=C1CC[C@@H](CNCc2ncc(-c3cccc(-c4cccc(-c5cnc(CNC(CO)CCF)c(OC)n5)c4Cl)c3Cl)nc2OC)N1. The largest absolute Gasteiger partial charge is 0.480 e. The van der Waals surface area contributed by atoms with Gasteiger partial charge in [0.1, 0.15) is 11.4 Å². The summed E-state index contributed by atoms with van der Waals surface area (Å²) in [6.07, 6.45) is 5.53. The van der Waals surface area contributed by atoms with Crippen molar-refractivity contribution in [3.8, 4) is 45.4 Å². The van der Waals surface area contributed by atoms with E-state index in [2.05, 4.69) is 37.5 Å². The summed E-state index contributed by atoms with van der Waals surface area (Å²) in [4.78, 5) is 18.5. The molecule has 248 valence electrons. The van der Waals surface area contributed by atoms with Gasteiger partial charge in [-0.25, -0.2) is 9.97 Å². The van der Waals surface area contributed by atoms with Crippen molar-refractivity contribution < 1.29 is 19.0 Å². The van der Waals surface area contributed by atoms with Crippen LogP contribution in [-0.4, -0.2) is 71.2 Å². The highest BCUT2D eigenvalue weighted by molar-refractivity contribution is 6.39. The molecule has 0 spiro atoms. The van der Waals surface area contributed by atoms with Crippen LogP contribution in [0.4, 0.5) is 4.39 Å². The molecule has 0 radical (unpaired) electrons. The Morgan fingerprint density at radius 2 is 1.49 bits per heavy atom. The predicted molar refractivity (Wildman–Crippen MR) is 182 cm³/mol. The van der Waals surface area contributed by atoms with Gasteiger partial charge in [-0.2, -0.15) is 0 Å². The smallest absolute Gasteiger partial charge is 0.237 e. The van der Waals surface area contributed by atoms with Crippen LogP contribution in [0.5, 0.6) is 11.8 Å². The van der Waals surface area contributed by atoms with Crippen molar-refractivity contribution in [1.82, 2.24) is 35.9 Å². The number of methoxy groups -OCH3 is 2. The van der Waals surface area contributed by atoms with Crippen LogP contribution in [0.15, 0.2) is 61.1 Å². The third-order valence-corrected chi connectivity index (χ3v) is 8.79. The number of hydrogen-bond donors (Lipinski definition) is 4. The number of halogens is 3. The predicted octanol–water partition coefficient (Wildman–Crippen LogP) is 5.76. The maximum Gasteiger partial charge on any atom is 0.237 e. The van der Waals surface area contributed by atoms with Gasteiger partial charge in [-0.15, -0.1) is 0 Å². The minimum atomic E-state index is -0.538. The Labute approximate surface area is 283 Å². The third-order valence-electron chi connectivity index (χ3n) is 7.97. The fourth-order valence-electron chi connectivity index (χ4n) is 5.43. The molecule has 13 heteroatoms. The quantitative estimate of drug-likeness (QED) is 0.123. The average molecular weight is 683 g/mol. The van der Waals surface area contributed by atoms with Crippen LogP contribution < -0.4 is 25.4 Å². The van der Waals surface area contributed by atoms with Crippen LogP contribution in [0.2, 0.25) is 10.0 Å². The molecule has 3 heterocycles. The second kappa shape index (κ2) is 16.3. The molecule has 0 aliphatic carbocycles. The second-order valence-corrected chi connectivity index (χ2v) is 11.9. The minimum absolute atomic E-state index is 0.190. The molecule has 2 aromatic heterocycles.